The van der Waals surface area contributed by atoms with Gasteiger partial charge in [-0.3, -0.25) is 4.79 Å². The number of methoxy groups -OCH3 is 1. The van der Waals surface area contributed by atoms with Crippen molar-refractivity contribution < 1.29 is 14.3 Å². The quantitative estimate of drug-likeness (QED) is 0.441. The van der Waals surface area contributed by atoms with Crippen LogP contribution in [0.2, 0.25) is 0 Å². The number of nitrogens with one attached hydrogen (secondary N) is 1. The first-order chi connectivity index (χ1) is 15.0. The molecule has 0 saturated carbocycles. The van der Waals surface area contributed by atoms with Gasteiger partial charge in [-0.2, -0.15) is 0 Å². The Morgan fingerprint density at radius 2 is 1.94 bits per heavy atom. The van der Waals surface area contributed by atoms with Crippen LogP contribution >= 0.6 is 11.3 Å². The summed E-state index contributed by atoms with van der Waals surface area (Å²) in [5.74, 6) is 0.888. The highest BCUT2D eigenvalue weighted by Crippen LogP contribution is 2.34. The third-order valence-corrected chi connectivity index (χ3v) is 5.99. The number of aromatic nitrogens is 2. The number of aryl methyl sites for hydroxylation is 1. The average molecular weight is 434 g/mol. The lowest BCUT2D eigenvalue weighted by Gasteiger charge is -2.18. The van der Waals surface area contributed by atoms with E-state index < -0.39 is 6.10 Å². The number of hydrogen-bond donors (Lipinski definition) is 1. The van der Waals surface area contributed by atoms with Crippen LogP contribution in [0.3, 0.4) is 0 Å². The van der Waals surface area contributed by atoms with Crippen LogP contribution in [0.15, 0.2) is 54.7 Å². The van der Waals surface area contributed by atoms with Crippen LogP contribution < -0.4 is 14.8 Å². The molecule has 2 heterocycles. The van der Waals surface area contributed by atoms with E-state index in [-0.39, 0.29) is 5.91 Å². The number of anilines is 1. The molecule has 0 saturated heterocycles. The molecule has 0 radical (unpaired) electrons. The van der Waals surface area contributed by atoms with Crippen molar-refractivity contribution in [2.45, 2.75) is 26.9 Å². The summed E-state index contributed by atoms with van der Waals surface area (Å²) in [5, 5.41) is 3.85. The fourth-order valence-electron chi connectivity index (χ4n) is 3.24. The van der Waals surface area contributed by atoms with E-state index in [0.717, 1.165) is 37.7 Å². The molecule has 1 amide bonds. The largest absolute Gasteiger partial charge is 0.493 e. The van der Waals surface area contributed by atoms with Crippen LogP contribution in [0.5, 0.6) is 11.5 Å². The molecule has 2 aromatic carbocycles. The Morgan fingerprint density at radius 3 is 2.71 bits per heavy atom. The van der Waals surface area contributed by atoms with E-state index in [0.29, 0.717) is 11.5 Å². The lowest BCUT2D eigenvalue weighted by atomic mass is 10.1. The van der Waals surface area contributed by atoms with Crippen molar-refractivity contribution in [2.24, 2.45) is 0 Å². The predicted molar refractivity (Wildman–Crippen MR) is 124 cm³/mol. The van der Waals surface area contributed by atoms with Gasteiger partial charge < -0.3 is 14.8 Å². The Kier molecular flexibility index (Phi) is 5.86. The number of rotatable bonds is 6. The predicted octanol–water partition coefficient (Wildman–Crippen LogP) is 5.39. The lowest BCUT2D eigenvalue weighted by Crippen LogP contribution is -2.30. The van der Waals surface area contributed by atoms with Crippen molar-refractivity contribution in [3.8, 4) is 22.1 Å². The fraction of sp³-hybridized carbons (Fsp3) is 0.208. The number of pyridine rings is 1. The summed E-state index contributed by atoms with van der Waals surface area (Å²) in [6.45, 7) is 5.66. The molecule has 0 aliphatic rings. The number of amides is 1. The van der Waals surface area contributed by atoms with Gasteiger partial charge in [-0.05, 0) is 62.2 Å². The highest BCUT2D eigenvalue weighted by atomic mass is 32.1. The smallest absolute Gasteiger partial charge is 0.265 e. The van der Waals surface area contributed by atoms with E-state index in [1.165, 1.54) is 11.3 Å². The molecule has 1 unspecified atom stereocenters. The Bertz CT molecular complexity index is 1220. The molecule has 4 aromatic rings. The third kappa shape index (κ3) is 4.36. The molecule has 31 heavy (non-hydrogen) atoms. The van der Waals surface area contributed by atoms with Crippen LogP contribution in [-0.4, -0.2) is 29.1 Å². The summed E-state index contributed by atoms with van der Waals surface area (Å²) in [5.41, 5.74) is 4.55. The summed E-state index contributed by atoms with van der Waals surface area (Å²) in [4.78, 5) is 22.8. The maximum absolute atomic E-state index is 12.8. The van der Waals surface area contributed by atoms with Crippen molar-refractivity contribution in [2.75, 3.05) is 12.4 Å². The summed E-state index contributed by atoms with van der Waals surface area (Å²) >= 11 is 1.53. The first kappa shape index (κ1) is 20.8. The van der Waals surface area contributed by atoms with Crippen molar-refractivity contribution in [1.82, 2.24) is 9.97 Å². The van der Waals surface area contributed by atoms with Crippen LogP contribution in [0.1, 0.15) is 18.1 Å². The second-order valence-electron chi connectivity index (χ2n) is 7.23. The Balaban J connectivity index is 1.54. The molecule has 7 heteroatoms. The molecule has 0 fully saturated rings. The molecule has 6 nitrogen and oxygen atoms in total. The van der Waals surface area contributed by atoms with Gasteiger partial charge in [0.15, 0.2) is 17.6 Å². The van der Waals surface area contributed by atoms with Gasteiger partial charge in [0.05, 0.1) is 7.11 Å². The molecule has 0 aliphatic carbocycles. The Morgan fingerprint density at radius 1 is 1.10 bits per heavy atom. The van der Waals surface area contributed by atoms with E-state index >= 15 is 0 Å². The van der Waals surface area contributed by atoms with Gasteiger partial charge in [-0.1, -0.05) is 29.5 Å². The third-order valence-electron chi connectivity index (χ3n) is 4.98. The number of benzene rings is 2. The lowest BCUT2D eigenvalue weighted by molar-refractivity contribution is -0.122. The minimum absolute atomic E-state index is 0.242. The van der Waals surface area contributed by atoms with Gasteiger partial charge >= 0.3 is 0 Å². The highest BCUT2D eigenvalue weighted by Gasteiger charge is 2.19. The van der Waals surface area contributed by atoms with Crippen LogP contribution in [0.4, 0.5) is 5.69 Å². The van der Waals surface area contributed by atoms with Crippen LogP contribution in [0.25, 0.3) is 20.9 Å². The number of fused-ring (bicyclic) bond motifs is 1. The number of carbonyl (C=O) groups is 1. The Labute approximate surface area is 184 Å². The molecule has 0 aliphatic heterocycles. The van der Waals surface area contributed by atoms with Gasteiger partial charge in [0.25, 0.3) is 5.91 Å². The number of hydrogen-bond acceptors (Lipinski definition) is 6. The van der Waals surface area contributed by atoms with E-state index in [1.807, 2.05) is 62.4 Å². The standard InChI is InChI=1S/C24H23N3O3S/c1-14-10-11-20(21(13-14)29-4)30-16(3)22(28)26-18-8-5-7-17(15(18)2)23-27-19-9-6-12-25-24(19)31-23/h5-13,16H,1-4H3,(H,26,28). The second-order valence-corrected chi connectivity index (χ2v) is 8.21. The van der Waals surface area contributed by atoms with E-state index in [2.05, 4.69) is 15.3 Å². The molecular weight excluding hydrogens is 410 g/mol. The minimum Gasteiger partial charge on any atom is -0.493 e. The van der Waals surface area contributed by atoms with Gasteiger partial charge in [0.1, 0.15) is 15.4 Å². The molecule has 0 spiro atoms. The van der Waals surface area contributed by atoms with Crippen LogP contribution in [0, 0.1) is 13.8 Å². The van der Waals surface area contributed by atoms with Crippen molar-refractivity contribution in [3.63, 3.8) is 0 Å². The van der Waals surface area contributed by atoms with Gasteiger partial charge in [0.2, 0.25) is 0 Å². The highest BCUT2D eigenvalue weighted by molar-refractivity contribution is 7.21. The second kappa shape index (κ2) is 8.73. The molecule has 1 atom stereocenters. The van der Waals surface area contributed by atoms with Crippen molar-refractivity contribution >= 4 is 33.3 Å². The van der Waals surface area contributed by atoms with Crippen molar-refractivity contribution in [1.29, 1.82) is 0 Å². The normalized spacial score (nSPS) is 11.9. The summed E-state index contributed by atoms with van der Waals surface area (Å²) in [6, 6.07) is 15.2. The van der Waals surface area contributed by atoms with E-state index in [9.17, 15) is 4.79 Å². The van der Waals surface area contributed by atoms with E-state index in [4.69, 9.17) is 9.47 Å². The number of thiazole rings is 1. The topological polar surface area (TPSA) is 73.3 Å². The summed E-state index contributed by atoms with van der Waals surface area (Å²) in [7, 11) is 1.58. The molecule has 158 valence electrons. The van der Waals surface area contributed by atoms with Gasteiger partial charge in [-0.25, -0.2) is 9.97 Å². The minimum atomic E-state index is -0.702. The van der Waals surface area contributed by atoms with Crippen LogP contribution in [-0.2, 0) is 4.79 Å². The van der Waals surface area contributed by atoms with Gasteiger partial charge in [0, 0.05) is 17.4 Å². The zero-order valence-corrected chi connectivity index (χ0v) is 18.6. The number of carbonyl (C=O) groups excluding carboxylic acids is 1. The fourth-order valence-corrected chi connectivity index (χ4v) is 4.23. The molecular formula is C24H23N3O3S. The average Bonchev–Trinajstić information content (AvgIpc) is 3.20. The zero-order valence-electron chi connectivity index (χ0n) is 17.8. The summed E-state index contributed by atoms with van der Waals surface area (Å²) < 4.78 is 11.2. The zero-order chi connectivity index (χ0) is 22.0. The summed E-state index contributed by atoms with van der Waals surface area (Å²) in [6.07, 6.45) is 1.06. The first-order valence-corrected chi connectivity index (χ1v) is 10.7. The van der Waals surface area contributed by atoms with Crippen molar-refractivity contribution in [3.05, 3.63) is 65.9 Å². The maximum Gasteiger partial charge on any atom is 0.265 e. The molecule has 4 rings (SSSR count). The monoisotopic (exact) mass is 433 g/mol. The molecule has 0 bridgehead atoms. The first-order valence-electron chi connectivity index (χ1n) is 9.90. The molecule has 1 N–H and O–H groups in total. The number of ether oxygens (including phenoxy) is 2. The van der Waals surface area contributed by atoms with E-state index in [1.54, 1.807) is 20.2 Å². The SMILES string of the molecule is COc1cc(C)ccc1OC(C)C(=O)Nc1cccc(-c2nc3cccnc3s2)c1C. The number of nitrogens with zero attached hydrogens (tertiary/aromatic N) is 2. The maximum atomic E-state index is 12.8. The molecule has 2 aromatic heterocycles. The van der Waals surface area contributed by atoms with Gasteiger partial charge in [-0.15, -0.1) is 0 Å². The Hall–Kier alpha value is -3.45.